The topological polar surface area (TPSA) is 84.3 Å². The van der Waals surface area contributed by atoms with Crippen LogP contribution >= 0.6 is 27.3 Å². The largest absolute Gasteiger partial charge is 0.468 e. The summed E-state index contributed by atoms with van der Waals surface area (Å²) in [5, 5.41) is 2.64. The first kappa shape index (κ1) is 26.0. The molecule has 196 valence electrons. The number of allylic oxidation sites excluding steroid dienone is 1. The van der Waals surface area contributed by atoms with Gasteiger partial charge in [-0.3, -0.25) is 14.7 Å². The van der Waals surface area contributed by atoms with Gasteiger partial charge < -0.3 is 14.4 Å². The molecule has 37 heavy (non-hydrogen) atoms. The summed E-state index contributed by atoms with van der Waals surface area (Å²) in [6.07, 6.45) is 4.08. The maximum Gasteiger partial charge on any atom is 0.338 e. The van der Waals surface area contributed by atoms with Crippen molar-refractivity contribution in [2.45, 2.75) is 38.3 Å². The van der Waals surface area contributed by atoms with Gasteiger partial charge in [0.2, 0.25) is 0 Å². The minimum Gasteiger partial charge on any atom is -0.468 e. The van der Waals surface area contributed by atoms with Crippen LogP contribution in [0.3, 0.4) is 0 Å². The molecule has 3 atom stereocenters. The van der Waals surface area contributed by atoms with Crippen molar-refractivity contribution in [2.75, 3.05) is 33.4 Å². The second-order valence-electron chi connectivity index (χ2n) is 9.30. The number of hydrogen-bond acceptors (Lipinski definition) is 9. The van der Waals surface area contributed by atoms with Gasteiger partial charge in [-0.05, 0) is 56.3 Å². The van der Waals surface area contributed by atoms with E-state index in [2.05, 4.69) is 30.7 Å². The molecule has 2 fully saturated rings. The van der Waals surface area contributed by atoms with Gasteiger partial charge in [0.1, 0.15) is 17.9 Å². The summed E-state index contributed by atoms with van der Waals surface area (Å²) in [6.45, 7) is 4.17. The number of aromatic nitrogens is 1. The van der Waals surface area contributed by atoms with E-state index in [4.69, 9.17) is 14.5 Å². The molecule has 4 heterocycles. The molecule has 0 bridgehead atoms. The number of rotatable bonds is 7. The Hall–Kier alpha value is -2.63. The quantitative estimate of drug-likeness (QED) is 0.444. The third kappa shape index (κ3) is 5.08. The zero-order chi connectivity index (χ0) is 26.1. The van der Waals surface area contributed by atoms with E-state index < -0.39 is 12.0 Å². The lowest BCUT2D eigenvalue weighted by Crippen LogP contribution is -2.41. The average Bonchev–Trinajstić information content (AvgIpc) is 3.64. The van der Waals surface area contributed by atoms with Crippen LogP contribution in [0.5, 0.6) is 0 Å². The molecule has 0 unspecified atom stereocenters. The number of ether oxygens (including phenoxy) is 2. The number of hydrogen-bond donors (Lipinski definition) is 0. The molecule has 5 rings (SSSR count). The van der Waals surface area contributed by atoms with Crippen molar-refractivity contribution < 1.29 is 23.5 Å². The number of esters is 2. The van der Waals surface area contributed by atoms with Crippen LogP contribution in [0.1, 0.15) is 42.8 Å². The Balaban J connectivity index is 1.56. The van der Waals surface area contributed by atoms with Gasteiger partial charge in [0, 0.05) is 34.8 Å². The van der Waals surface area contributed by atoms with Crippen LogP contribution in [0.2, 0.25) is 0 Å². The molecule has 0 saturated carbocycles. The molecule has 1 aromatic heterocycles. The highest BCUT2D eigenvalue weighted by Gasteiger charge is 2.44. The number of aliphatic imine (C=N–C) groups is 1. The first-order valence-electron chi connectivity index (χ1n) is 12.3. The fourth-order valence-electron chi connectivity index (χ4n) is 5.49. The van der Waals surface area contributed by atoms with E-state index in [1.807, 2.05) is 5.38 Å². The molecular formula is C26H28BrFN4O4S. The van der Waals surface area contributed by atoms with Crippen LogP contribution < -0.4 is 0 Å². The molecule has 11 heteroatoms. The van der Waals surface area contributed by atoms with Crippen molar-refractivity contribution in [3.63, 3.8) is 0 Å². The van der Waals surface area contributed by atoms with Crippen LogP contribution in [0.15, 0.2) is 50.5 Å². The highest BCUT2D eigenvalue weighted by atomic mass is 79.9. The molecule has 8 nitrogen and oxygen atoms in total. The van der Waals surface area contributed by atoms with Gasteiger partial charge >= 0.3 is 11.9 Å². The van der Waals surface area contributed by atoms with E-state index in [0.717, 1.165) is 30.1 Å². The van der Waals surface area contributed by atoms with Gasteiger partial charge in [-0.15, -0.1) is 11.3 Å². The number of thiazole rings is 1. The summed E-state index contributed by atoms with van der Waals surface area (Å²) >= 11 is 4.95. The van der Waals surface area contributed by atoms with Crippen LogP contribution in [0.25, 0.3) is 0 Å². The first-order valence-corrected chi connectivity index (χ1v) is 14.0. The smallest absolute Gasteiger partial charge is 0.338 e. The molecule has 2 aromatic rings. The Labute approximate surface area is 227 Å². The maximum atomic E-state index is 13.9. The number of nitrogens with zero attached hydrogens (tertiary/aromatic N) is 4. The SMILES string of the molecule is CCOC(=O)C1=C2C[C@H](CN3CCC[C@H]3C(=O)OC)CN2C(c2nccs2)=N[C@H]1c1ccc(F)cc1Br. The van der Waals surface area contributed by atoms with Gasteiger partial charge in [-0.25, -0.2) is 14.2 Å². The summed E-state index contributed by atoms with van der Waals surface area (Å²) < 4.78 is 25.0. The summed E-state index contributed by atoms with van der Waals surface area (Å²) in [6, 6.07) is 3.49. The molecule has 0 amide bonds. The highest BCUT2D eigenvalue weighted by Crippen LogP contribution is 2.44. The summed E-state index contributed by atoms with van der Waals surface area (Å²) in [7, 11) is 1.43. The standard InChI is InChI=1S/C26H28BrFN4O4S/c1-3-36-26(34)21-20-11-15(13-31-9-4-5-19(31)25(33)35-2)14-32(20)23(24-29-8-10-37-24)30-22(21)17-7-6-16(28)12-18(17)27/h6-8,10,12,15,19,22H,3-5,9,11,13-14H2,1-2H3/t15-,19+,22+/m1/s1. The minimum atomic E-state index is -0.674. The molecule has 3 aliphatic heterocycles. The third-order valence-electron chi connectivity index (χ3n) is 7.05. The van der Waals surface area contributed by atoms with Crippen molar-refractivity contribution in [3.05, 3.63) is 61.9 Å². The number of methoxy groups -OCH3 is 1. The maximum absolute atomic E-state index is 13.9. The van der Waals surface area contributed by atoms with Crippen LogP contribution in [-0.4, -0.2) is 72.0 Å². The van der Waals surface area contributed by atoms with Gasteiger partial charge in [0.15, 0.2) is 10.8 Å². The first-order chi connectivity index (χ1) is 17.9. The van der Waals surface area contributed by atoms with Crippen molar-refractivity contribution in [2.24, 2.45) is 10.9 Å². The van der Waals surface area contributed by atoms with E-state index in [1.54, 1.807) is 19.2 Å². The zero-order valence-corrected chi connectivity index (χ0v) is 23.1. The molecule has 1 aromatic carbocycles. The van der Waals surface area contributed by atoms with E-state index in [0.29, 0.717) is 41.0 Å². The van der Waals surface area contributed by atoms with Crippen LogP contribution in [0, 0.1) is 11.7 Å². The van der Waals surface area contributed by atoms with E-state index in [-0.39, 0.29) is 30.4 Å². The lowest BCUT2D eigenvalue weighted by atomic mass is 9.93. The molecule has 3 aliphatic rings. The number of halogens is 2. The molecule has 0 aliphatic carbocycles. The van der Waals surface area contributed by atoms with Crippen molar-refractivity contribution in [3.8, 4) is 0 Å². The van der Waals surface area contributed by atoms with Gasteiger partial charge in [0.05, 0.1) is 19.3 Å². The van der Waals surface area contributed by atoms with Gasteiger partial charge in [0.25, 0.3) is 0 Å². The Kier molecular flexibility index (Phi) is 7.73. The highest BCUT2D eigenvalue weighted by molar-refractivity contribution is 9.10. The van der Waals surface area contributed by atoms with E-state index >= 15 is 0 Å². The molecule has 0 radical (unpaired) electrons. The fraction of sp³-hybridized carbons (Fsp3) is 0.462. The van der Waals surface area contributed by atoms with Crippen LogP contribution in [-0.2, 0) is 19.1 Å². The predicted molar refractivity (Wildman–Crippen MR) is 141 cm³/mol. The van der Waals surface area contributed by atoms with Crippen molar-refractivity contribution in [1.29, 1.82) is 0 Å². The Bertz CT molecular complexity index is 1250. The fourth-order valence-corrected chi connectivity index (χ4v) is 6.70. The molecule has 2 saturated heterocycles. The molecule has 0 spiro atoms. The van der Waals surface area contributed by atoms with Crippen molar-refractivity contribution in [1.82, 2.24) is 14.8 Å². The number of likely N-dealkylation sites (tertiary alicyclic amines) is 1. The van der Waals surface area contributed by atoms with Gasteiger partial charge in [-0.1, -0.05) is 22.0 Å². The minimum absolute atomic E-state index is 0.158. The average molecular weight is 592 g/mol. The third-order valence-corrected chi connectivity index (χ3v) is 8.50. The van der Waals surface area contributed by atoms with E-state index in [1.165, 1.54) is 30.6 Å². The molecule has 0 N–H and O–H groups in total. The second-order valence-corrected chi connectivity index (χ2v) is 11.0. The number of amidine groups is 1. The Morgan fingerprint density at radius 1 is 1.32 bits per heavy atom. The number of carbonyl (C=O) groups excluding carboxylic acids is 2. The normalized spacial score (nSPS) is 23.7. The van der Waals surface area contributed by atoms with E-state index in [9.17, 15) is 14.0 Å². The zero-order valence-electron chi connectivity index (χ0n) is 20.7. The number of fused-ring (bicyclic) bond motifs is 1. The lowest BCUT2D eigenvalue weighted by molar-refractivity contribution is -0.146. The summed E-state index contributed by atoms with van der Waals surface area (Å²) in [5.74, 6) is -0.168. The monoisotopic (exact) mass is 590 g/mol. The summed E-state index contributed by atoms with van der Waals surface area (Å²) in [5.41, 5.74) is 1.99. The Morgan fingerprint density at radius 2 is 2.16 bits per heavy atom. The Morgan fingerprint density at radius 3 is 2.86 bits per heavy atom. The number of carbonyl (C=O) groups is 2. The lowest BCUT2D eigenvalue weighted by Gasteiger charge is -2.32. The second kappa shape index (κ2) is 11.0. The van der Waals surface area contributed by atoms with Gasteiger partial charge in [-0.2, -0.15) is 0 Å². The predicted octanol–water partition coefficient (Wildman–Crippen LogP) is 4.32. The molecular weight excluding hydrogens is 563 g/mol. The number of benzene rings is 1. The van der Waals surface area contributed by atoms with Crippen molar-refractivity contribution >= 4 is 45.0 Å². The van der Waals surface area contributed by atoms with Crippen LogP contribution in [0.4, 0.5) is 4.39 Å². The summed E-state index contributed by atoms with van der Waals surface area (Å²) in [4.78, 5) is 39.5.